The minimum Gasteiger partial charge on any atom is -0.497 e. The average Bonchev–Trinajstić information content (AvgIpc) is 3.02. The van der Waals surface area contributed by atoms with Gasteiger partial charge >= 0.3 is 0 Å². The van der Waals surface area contributed by atoms with Crippen molar-refractivity contribution < 1.29 is 4.74 Å². The number of aryl methyl sites for hydroxylation is 1. The molecule has 1 heterocycles. The highest BCUT2D eigenvalue weighted by molar-refractivity contribution is 7.10. The van der Waals surface area contributed by atoms with Crippen molar-refractivity contribution in [3.63, 3.8) is 0 Å². The molecule has 3 aromatic rings. The van der Waals surface area contributed by atoms with E-state index in [4.69, 9.17) is 4.74 Å². The molecule has 3 rings (SSSR count). The molecule has 112 valence electrons. The van der Waals surface area contributed by atoms with Gasteiger partial charge in [0.05, 0.1) is 12.0 Å². The Morgan fingerprint density at radius 2 is 1.59 bits per heavy atom. The second-order valence-corrected chi connectivity index (χ2v) is 6.28. The van der Waals surface area contributed by atoms with Crippen LogP contribution in [-0.4, -0.2) is 11.5 Å². The van der Waals surface area contributed by atoms with Crippen LogP contribution in [0, 0.1) is 20.8 Å². The SMILES string of the molecule is COc1ccc(-c2cnsc2-c2ccc(C)c(C)c2C)cc1. The Balaban J connectivity index is 2.11. The van der Waals surface area contributed by atoms with Gasteiger partial charge in [0.15, 0.2) is 0 Å². The van der Waals surface area contributed by atoms with Gasteiger partial charge in [-0.1, -0.05) is 24.3 Å². The topological polar surface area (TPSA) is 22.1 Å². The van der Waals surface area contributed by atoms with Crippen molar-refractivity contribution in [2.24, 2.45) is 0 Å². The highest BCUT2D eigenvalue weighted by Gasteiger charge is 2.14. The van der Waals surface area contributed by atoms with Crippen LogP contribution in [0.25, 0.3) is 21.6 Å². The molecule has 0 N–H and O–H groups in total. The number of hydrogen-bond donors (Lipinski definition) is 0. The Labute approximate surface area is 135 Å². The molecule has 0 atom stereocenters. The standard InChI is InChI=1S/C19H19NOS/c1-12-5-10-17(14(3)13(12)2)19-18(11-20-22-19)15-6-8-16(21-4)9-7-15/h5-11H,1-4H3. The van der Waals surface area contributed by atoms with E-state index in [1.54, 1.807) is 18.6 Å². The van der Waals surface area contributed by atoms with E-state index in [-0.39, 0.29) is 0 Å². The predicted molar refractivity (Wildman–Crippen MR) is 93.7 cm³/mol. The van der Waals surface area contributed by atoms with Gasteiger partial charge in [-0.15, -0.1) is 0 Å². The van der Waals surface area contributed by atoms with Crippen molar-refractivity contribution in [3.8, 4) is 27.3 Å². The Kier molecular flexibility index (Phi) is 3.99. The maximum atomic E-state index is 5.24. The predicted octanol–water partition coefficient (Wildman–Crippen LogP) is 5.41. The fourth-order valence-corrected chi connectivity index (χ4v) is 3.46. The van der Waals surface area contributed by atoms with Crippen molar-refractivity contribution in [2.45, 2.75) is 20.8 Å². The molecule has 1 aromatic heterocycles. The number of methoxy groups -OCH3 is 1. The Bertz CT molecular complexity index is 803. The molecule has 0 saturated heterocycles. The van der Waals surface area contributed by atoms with Gasteiger partial charge < -0.3 is 4.74 Å². The summed E-state index contributed by atoms with van der Waals surface area (Å²) >= 11 is 1.55. The van der Waals surface area contributed by atoms with Crippen LogP contribution in [0.15, 0.2) is 42.6 Å². The Morgan fingerprint density at radius 1 is 0.864 bits per heavy atom. The zero-order chi connectivity index (χ0) is 15.7. The van der Waals surface area contributed by atoms with E-state index in [1.807, 2.05) is 18.3 Å². The number of aromatic nitrogens is 1. The Morgan fingerprint density at radius 3 is 2.27 bits per heavy atom. The van der Waals surface area contributed by atoms with Crippen LogP contribution in [0.2, 0.25) is 0 Å². The molecule has 22 heavy (non-hydrogen) atoms. The lowest BCUT2D eigenvalue weighted by molar-refractivity contribution is 0.415. The third-order valence-corrected chi connectivity index (χ3v) is 5.11. The molecule has 0 aliphatic rings. The highest BCUT2D eigenvalue weighted by Crippen LogP contribution is 2.38. The van der Waals surface area contributed by atoms with Crippen LogP contribution in [0.3, 0.4) is 0 Å². The number of benzene rings is 2. The molecule has 2 aromatic carbocycles. The summed E-state index contributed by atoms with van der Waals surface area (Å²) in [5, 5.41) is 0. The highest BCUT2D eigenvalue weighted by atomic mass is 32.1. The molecule has 0 saturated carbocycles. The zero-order valence-corrected chi connectivity index (χ0v) is 14.1. The third kappa shape index (κ3) is 2.53. The molecule has 0 amide bonds. The first-order chi connectivity index (χ1) is 10.6. The number of nitrogens with zero attached hydrogens (tertiary/aromatic N) is 1. The van der Waals surface area contributed by atoms with Gasteiger partial charge in [0, 0.05) is 11.8 Å². The minimum atomic E-state index is 0.871. The van der Waals surface area contributed by atoms with Crippen LogP contribution >= 0.6 is 11.5 Å². The van der Waals surface area contributed by atoms with E-state index in [0.29, 0.717) is 0 Å². The van der Waals surface area contributed by atoms with E-state index in [9.17, 15) is 0 Å². The summed E-state index contributed by atoms with van der Waals surface area (Å²) in [6.07, 6.45) is 1.95. The Hall–Kier alpha value is -2.13. The largest absolute Gasteiger partial charge is 0.497 e. The van der Waals surface area contributed by atoms with E-state index in [1.165, 1.54) is 38.3 Å². The molecule has 0 bridgehead atoms. The lowest BCUT2D eigenvalue weighted by atomic mass is 9.95. The first-order valence-corrected chi connectivity index (χ1v) is 8.05. The fraction of sp³-hybridized carbons (Fsp3) is 0.211. The molecule has 0 radical (unpaired) electrons. The third-order valence-electron chi connectivity index (χ3n) is 4.27. The van der Waals surface area contributed by atoms with E-state index in [2.05, 4.69) is 49.4 Å². The second kappa shape index (κ2) is 5.93. The average molecular weight is 309 g/mol. The number of rotatable bonds is 3. The van der Waals surface area contributed by atoms with Crippen LogP contribution in [-0.2, 0) is 0 Å². The fourth-order valence-electron chi connectivity index (χ4n) is 2.61. The molecular formula is C19H19NOS. The van der Waals surface area contributed by atoms with Crippen molar-refractivity contribution >= 4 is 11.5 Å². The summed E-state index contributed by atoms with van der Waals surface area (Å²) in [6, 6.07) is 12.5. The van der Waals surface area contributed by atoms with Gasteiger partial charge in [-0.3, -0.25) is 0 Å². The van der Waals surface area contributed by atoms with Crippen molar-refractivity contribution in [1.29, 1.82) is 0 Å². The lowest BCUT2D eigenvalue weighted by Crippen LogP contribution is -1.90. The molecule has 0 aliphatic heterocycles. The van der Waals surface area contributed by atoms with E-state index in [0.717, 1.165) is 5.75 Å². The van der Waals surface area contributed by atoms with Gasteiger partial charge in [-0.2, -0.15) is 4.37 Å². The summed E-state index contributed by atoms with van der Waals surface area (Å²) in [4.78, 5) is 1.23. The normalized spacial score (nSPS) is 10.7. The van der Waals surface area contributed by atoms with Crippen molar-refractivity contribution in [2.75, 3.05) is 7.11 Å². The summed E-state index contributed by atoms with van der Waals surface area (Å²) in [6.45, 7) is 6.53. The van der Waals surface area contributed by atoms with Crippen molar-refractivity contribution in [1.82, 2.24) is 4.37 Å². The molecule has 0 unspecified atom stereocenters. The van der Waals surface area contributed by atoms with Gasteiger partial charge in [0.1, 0.15) is 5.75 Å². The maximum Gasteiger partial charge on any atom is 0.118 e. The molecule has 0 fully saturated rings. The molecule has 0 spiro atoms. The number of hydrogen-bond acceptors (Lipinski definition) is 3. The van der Waals surface area contributed by atoms with Gasteiger partial charge in [-0.05, 0) is 72.3 Å². The van der Waals surface area contributed by atoms with Gasteiger partial charge in [-0.25, -0.2) is 0 Å². The summed E-state index contributed by atoms with van der Waals surface area (Å²) in [5.41, 5.74) is 7.64. The van der Waals surface area contributed by atoms with E-state index >= 15 is 0 Å². The summed E-state index contributed by atoms with van der Waals surface area (Å²) in [5.74, 6) is 0.871. The molecule has 2 nitrogen and oxygen atoms in total. The van der Waals surface area contributed by atoms with Crippen LogP contribution < -0.4 is 4.74 Å². The van der Waals surface area contributed by atoms with Crippen LogP contribution in [0.5, 0.6) is 5.75 Å². The second-order valence-electron chi connectivity index (χ2n) is 5.48. The first kappa shape index (κ1) is 14.8. The lowest BCUT2D eigenvalue weighted by Gasteiger charge is -2.11. The minimum absolute atomic E-state index is 0.871. The molecule has 3 heteroatoms. The smallest absolute Gasteiger partial charge is 0.118 e. The van der Waals surface area contributed by atoms with Gasteiger partial charge in [0.25, 0.3) is 0 Å². The van der Waals surface area contributed by atoms with E-state index < -0.39 is 0 Å². The summed E-state index contributed by atoms with van der Waals surface area (Å²) in [7, 11) is 1.69. The quantitative estimate of drug-likeness (QED) is 0.645. The maximum absolute atomic E-state index is 5.24. The summed E-state index contributed by atoms with van der Waals surface area (Å²) < 4.78 is 9.66. The monoisotopic (exact) mass is 309 g/mol. The zero-order valence-electron chi connectivity index (χ0n) is 13.3. The first-order valence-electron chi connectivity index (χ1n) is 7.28. The molecule has 0 aliphatic carbocycles. The van der Waals surface area contributed by atoms with Gasteiger partial charge in [0.2, 0.25) is 0 Å². The van der Waals surface area contributed by atoms with Crippen molar-refractivity contribution in [3.05, 3.63) is 59.3 Å². The van der Waals surface area contributed by atoms with Crippen LogP contribution in [0.1, 0.15) is 16.7 Å². The molecular weight excluding hydrogens is 290 g/mol. The van der Waals surface area contributed by atoms with Crippen LogP contribution in [0.4, 0.5) is 0 Å². The number of ether oxygens (including phenoxy) is 1.